The summed E-state index contributed by atoms with van der Waals surface area (Å²) >= 11 is 1.55. The molecule has 2 aromatic heterocycles. The van der Waals surface area contributed by atoms with Crippen molar-refractivity contribution >= 4 is 28.1 Å². The maximum Gasteiger partial charge on any atom is 0.274 e. The van der Waals surface area contributed by atoms with Gasteiger partial charge in [-0.3, -0.25) is 18.9 Å². The largest absolute Gasteiger partial charge is 0.369 e. The lowest BCUT2D eigenvalue weighted by Crippen LogP contribution is -2.38. The Bertz CT molecular complexity index is 784. The molecular weight excluding hydrogens is 338 g/mol. The summed E-state index contributed by atoms with van der Waals surface area (Å²) in [6.45, 7) is 3.98. The third-order valence-corrected chi connectivity index (χ3v) is 6.08. The molecule has 2 fully saturated rings. The van der Waals surface area contributed by atoms with Gasteiger partial charge in [-0.2, -0.15) is 0 Å². The molecule has 134 valence electrons. The van der Waals surface area contributed by atoms with Crippen LogP contribution in [-0.2, 0) is 11.3 Å². The predicted molar refractivity (Wildman–Crippen MR) is 95.4 cm³/mol. The number of aromatic nitrogens is 2. The van der Waals surface area contributed by atoms with Gasteiger partial charge in [-0.1, -0.05) is 0 Å². The van der Waals surface area contributed by atoms with Gasteiger partial charge in [0, 0.05) is 37.1 Å². The lowest BCUT2D eigenvalue weighted by atomic mass is 9.96. The molecular formula is C17H23N5O2S. The van der Waals surface area contributed by atoms with Crippen LogP contribution in [0.5, 0.6) is 0 Å². The van der Waals surface area contributed by atoms with Gasteiger partial charge >= 0.3 is 0 Å². The number of nitrogens with two attached hydrogens (primary N) is 1. The van der Waals surface area contributed by atoms with E-state index in [1.807, 2.05) is 20.9 Å². The minimum atomic E-state index is -0.200. The second kappa shape index (κ2) is 6.76. The first-order valence-electron chi connectivity index (χ1n) is 8.89. The van der Waals surface area contributed by atoms with E-state index in [9.17, 15) is 9.59 Å². The average Bonchev–Trinajstić information content (AvgIpc) is 3.33. The van der Waals surface area contributed by atoms with Crippen molar-refractivity contribution in [2.24, 2.45) is 11.7 Å². The quantitative estimate of drug-likeness (QED) is 0.890. The summed E-state index contributed by atoms with van der Waals surface area (Å²) in [5.74, 6) is -0.168. The van der Waals surface area contributed by atoms with E-state index >= 15 is 0 Å². The summed E-state index contributed by atoms with van der Waals surface area (Å²) in [5.41, 5.74) is 6.97. The minimum Gasteiger partial charge on any atom is -0.369 e. The molecule has 0 radical (unpaired) electrons. The Balaban J connectivity index is 1.56. The van der Waals surface area contributed by atoms with E-state index in [2.05, 4.69) is 9.88 Å². The Labute approximate surface area is 150 Å². The number of amides is 2. The first-order valence-corrected chi connectivity index (χ1v) is 9.77. The van der Waals surface area contributed by atoms with E-state index in [-0.39, 0.29) is 17.7 Å². The zero-order valence-electron chi connectivity index (χ0n) is 14.2. The molecule has 0 aromatic carbocycles. The highest BCUT2D eigenvalue weighted by Crippen LogP contribution is 2.24. The lowest BCUT2D eigenvalue weighted by Gasteiger charge is -2.30. The van der Waals surface area contributed by atoms with Crippen molar-refractivity contribution in [2.75, 3.05) is 26.2 Å². The molecule has 2 aromatic rings. The van der Waals surface area contributed by atoms with Crippen LogP contribution in [-0.4, -0.2) is 57.2 Å². The molecule has 0 aliphatic carbocycles. The Morgan fingerprint density at radius 1 is 1.20 bits per heavy atom. The van der Waals surface area contributed by atoms with E-state index in [0.717, 1.165) is 62.5 Å². The van der Waals surface area contributed by atoms with E-state index < -0.39 is 0 Å². The molecule has 25 heavy (non-hydrogen) atoms. The Morgan fingerprint density at radius 2 is 1.92 bits per heavy atom. The van der Waals surface area contributed by atoms with Crippen LogP contribution in [0.1, 0.15) is 41.9 Å². The van der Waals surface area contributed by atoms with Crippen LogP contribution in [0.25, 0.3) is 4.96 Å². The number of carbonyl (C=O) groups is 2. The number of nitrogens with zero attached hydrogens (tertiary/aromatic N) is 4. The van der Waals surface area contributed by atoms with E-state index in [1.165, 1.54) is 0 Å². The van der Waals surface area contributed by atoms with Gasteiger partial charge in [0.15, 0.2) is 10.7 Å². The summed E-state index contributed by atoms with van der Waals surface area (Å²) < 4.78 is 2.04. The van der Waals surface area contributed by atoms with Gasteiger partial charge in [0.2, 0.25) is 5.91 Å². The standard InChI is InChI=1S/C17H23N5O2S/c18-15(23)12-3-7-20(8-4-12)11-13-14(16(24)21-5-1-2-6-21)19-17-22(13)9-10-25-17/h9-10,12H,1-8,11H2,(H2,18,23). The van der Waals surface area contributed by atoms with Crippen LogP contribution in [0.15, 0.2) is 11.6 Å². The van der Waals surface area contributed by atoms with Crippen LogP contribution in [0.4, 0.5) is 0 Å². The van der Waals surface area contributed by atoms with Crippen LogP contribution in [0.2, 0.25) is 0 Å². The molecule has 0 spiro atoms. The molecule has 4 heterocycles. The van der Waals surface area contributed by atoms with Crippen molar-refractivity contribution in [2.45, 2.75) is 32.2 Å². The van der Waals surface area contributed by atoms with Crippen molar-refractivity contribution in [1.29, 1.82) is 0 Å². The number of fused-ring (bicyclic) bond motifs is 1. The predicted octanol–water partition coefficient (Wildman–Crippen LogP) is 1.33. The number of primary amides is 1. The summed E-state index contributed by atoms with van der Waals surface area (Å²) in [5, 5.41) is 2.00. The fourth-order valence-corrected chi connectivity index (χ4v) is 4.55. The average molecular weight is 361 g/mol. The van der Waals surface area contributed by atoms with E-state index in [0.29, 0.717) is 12.2 Å². The molecule has 4 rings (SSSR count). The molecule has 2 N–H and O–H groups in total. The second-order valence-electron chi connectivity index (χ2n) is 6.91. The smallest absolute Gasteiger partial charge is 0.274 e. The number of likely N-dealkylation sites (tertiary alicyclic amines) is 2. The zero-order chi connectivity index (χ0) is 17.4. The van der Waals surface area contributed by atoms with Crippen LogP contribution in [0.3, 0.4) is 0 Å². The van der Waals surface area contributed by atoms with Gasteiger partial charge in [0.25, 0.3) is 5.91 Å². The molecule has 8 heteroatoms. The van der Waals surface area contributed by atoms with Crippen LogP contribution >= 0.6 is 11.3 Å². The monoisotopic (exact) mass is 361 g/mol. The van der Waals surface area contributed by atoms with E-state index in [1.54, 1.807) is 11.3 Å². The minimum absolute atomic E-state index is 0.0199. The molecule has 0 unspecified atom stereocenters. The SMILES string of the molecule is NC(=O)C1CCN(Cc2c(C(=O)N3CCCC3)nc3sccn23)CC1. The first-order chi connectivity index (χ1) is 12.1. The number of piperidine rings is 1. The number of hydrogen-bond acceptors (Lipinski definition) is 5. The highest BCUT2D eigenvalue weighted by molar-refractivity contribution is 7.15. The summed E-state index contributed by atoms with van der Waals surface area (Å²) in [7, 11) is 0. The Hall–Kier alpha value is -1.93. The number of imidazole rings is 1. The van der Waals surface area contributed by atoms with Crippen LogP contribution < -0.4 is 5.73 Å². The molecule has 0 atom stereocenters. The topological polar surface area (TPSA) is 83.9 Å². The highest BCUT2D eigenvalue weighted by Gasteiger charge is 2.29. The van der Waals surface area contributed by atoms with Crippen LogP contribution in [0, 0.1) is 5.92 Å². The number of hydrogen-bond donors (Lipinski definition) is 1. The Morgan fingerprint density at radius 3 is 2.60 bits per heavy atom. The fraction of sp³-hybridized carbons (Fsp3) is 0.588. The molecule has 2 aliphatic heterocycles. The van der Waals surface area contributed by atoms with Crippen molar-refractivity contribution < 1.29 is 9.59 Å². The maximum absolute atomic E-state index is 12.9. The summed E-state index contributed by atoms with van der Waals surface area (Å²) in [4.78, 5) is 33.9. The van der Waals surface area contributed by atoms with Gasteiger partial charge in [-0.05, 0) is 38.8 Å². The molecule has 7 nitrogen and oxygen atoms in total. The number of thiazole rings is 1. The van der Waals surface area contributed by atoms with Crippen molar-refractivity contribution in [3.8, 4) is 0 Å². The molecule has 0 saturated carbocycles. The van der Waals surface area contributed by atoms with Gasteiger partial charge in [-0.25, -0.2) is 4.98 Å². The lowest BCUT2D eigenvalue weighted by molar-refractivity contribution is -0.123. The fourth-order valence-electron chi connectivity index (χ4n) is 3.81. The zero-order valence-corrected chi connectivity index (χ0v) is 15.0. The second-order valence-corrected chi connectivity index (χ2v) is 7.79. The third kappa shape index (κ3) is 3.16. The number of rotatable bonds is 4. The third-order valence-electron chi connectivity index (χ3n) is 5.32. The first kappa shape index (κ1) is 16.5. The Kier molecular flexibility index (Phi) is 4.47. The summed E-state index contributed by atoms with van der Waals surface area (Å²) in [6, 6.07) is 0. The molecule has 2 saturated heterocycles. The number of carbonyl (C=O) groups excluding carboxylic acids is 2. The summed E-state index contributed by atoms with van der Waals surface area (Å²) in [6.07, 6.45) is 5.71. The maximum atomic E-state index is 12.9. The molecule has 0 bridgehead atoms. The van der Waals surface area contributed by atoms with Crippen molar-refractivity contribution in [3.05, 3.63) is 23.0 Å². The van der Waals surface area contributed by atoms with Gasteiger partial charge in [-0.15, -0.1) is 11.3 Å². The highest BCUT2D eigenvalue weighted by atomic mass is 32.1. The van der Waals surface area contributed by atoms with E-state index in [4.69, 9.17) is 5.73 Å². The van der Waals surface area contributed by atoms with Crippen molar-refractivity contribution in [1.82, 2.24) is 19.2 Å². The molecule has 2 amide bonds. The van der Waals surface area contributed by atoms with Gasteiger partial charge < -0.3 is 10.6 Å². The van der Waals surface area contributed by atoms with Crippen molar-refractivity contribution in [3.63, 3.8) is 0 Å². The normalized spacial score (nSPS) is 19.8. The van der Waals surface area contributed by atoms with Gasteiger partial charge in [0.05, 0.1) is 5.69 Å². The molecule has 2 aliphatic rings. The van der Waals surface area contributed by atoms with Gasteiger partial charge in [0.1, 0.15) is 0 Å².